The molecule has 0 unspecified atom stereocenters. The van der Waals surface area contributed by atoms with Gasteiger partial charge in [0.05, 0.1) is 5.41 Å². The minimum atomic E-state index is -1.03. The van der Waals surface area contributed by atoms with E-state index in [4.69, 9.17) is 0 Å². The van der Waals surface area contributed by atoms with Crippen molar-refractivity contribution in [1.82, 2.24) is 5.32 Å². The van der Waals surface area contributed by atoms with Gasteiger partial charge in [-0.3, -0.25) is 14.4 Å². The summed E-state index contributed by atoms with van der Waals surface area (Å²) >= 11 is 0. The number of nitrogens with one attached hydrogen (secondary N) is 2. The maximum atomic E-state index is 12.2. The molecule has 1 aromatic carbocycles. The fraction of sp³-hybridized carbons (Fsp3) is 0.500. The smallest absolute Gasteiger partial charge is 0.310 e. The predicted molar refractivity (Wildman–Crippen MR) is 90.8 cm³/mol. The highest BCUT2D eigenvalue weighted by molar-refractivity contribution is 5.97. The molecule has 0 aromatic heterocycles. The van der Waals surface area contributed by atoms with Crippen LogP contribution >= 0.6 is 0 Å². The van der Waals surface area contributed by atoms with Gasteiger partial charge < -0.3 is 15.7 Å². The molecule has 1 fully saturated rings. The molecule has 0 radical (unpaired) electrons. The highest BCUT2D eigenvalue weighted by Crippen LogP contribution is 2.31. The molecule has 1 saturated carbocycles. The molecule has 3 N–H and O–H groups in total. The molecule has 1 aliphatic carbocycles. The van der Waals surface area contributed by atoms with Crippen molar-refractivity contribution in [3.05, 3.63) is 29.8 Å². The first kappa shape index (κ1) is 18.0. The largest absolute Gasteiger partial charge is 0.481 e. The summed E-state index contributed by atoms with van der Waals surface area (Å²) in [6, 6.07) is 6.90. The molecular weight excluding hydrogens is 308 g/mol. The Balaban J connectivity index is 1.96. The molecule has 2 amide bonds. The number of aliphatic carboxylic acids is 1. The maximum absolute atomic E-state index is 12.2. The first-order chi connectivity index (χ1) is 11.4. The van der Waals surface area contributed by atoms with Crippen molar-refractivity contribution >= 4 is 23.5 Å². The summed E-state index contributed by atoms with van der Waals surface area (Å²) in [5.74, 6) is -1.40. The van der Waals surface area contributed by atoms with Crippen molar-refractivity contribution in [2.75, 3.05) is 5.32 Å². The van der Waals surface area contributed by atoms with Gasteiger partial charge in [-0.1, -0.05) is 13.8 Å². The monoisotopic (exact) mass is 332 g/mol. The second-order valence-corrected chi connectivity index (χ2v) is 6.34. The van der Waals surface area contributed by atoms with Crippen molar-refractivity contribution in [1.29, 1.82) is 0 Å². The number of carboxylic acid groups (broad SMARTS) is 1. The van der Waals surface area contributed by atoms with Gasteiger partial charge in [-0.25, -0.2) is 0 Å². The Morgan fingerprint density at radius 2 is 1.71 bits per heavy atom. The van der Waals surface area contributed by atoms with E-state index < -0.39 is 11.4 Å². The van der Waals surface area contributed by atoms with E-state index in [1.807, 2.05) is 0 Å². The minimum absolute atomic E-state index is 0.0702. The Labute approximate surface area is 141 Å². The molecule has 1 aliphatic rings. The maximum Gasteiger partial charge on any atom is 0.310 e. The normalized spacial score (nSPS) is 14.1. The van der Waals surface area contributed by atoms with Gasteiger partial charge in [0.1, 0.15) is 0 Å². The first-order valence-corrected chi connectivity index (χ1v) is 8.34. The van der Waals surface area contributed by atoms with E-state index >= 15 is 0 Å². The van der Waals surface area contributed by atoms with Gasteiger partial charge in [0.25, 0.3) is 5.91 Å². The second kappa shape index (κ2) is 7.47. The van der Waals surface area contributed by atoms with Gasteiger partial charge in [-0.15, -0.1) is 0 Å². The SMILES string of the molecule is CCC(CC)(CC(=O)Nc1ccc(C(=O)NC2CC2)cc1)C(=O)O. The van der Waals surface area contributed by atoms with Crippen molar-refractivity contribution in [2.45, 2.75) is 52.0 Å². The lowest BCUT2D eigenvalue weighted by Crippen LogP contribution is -2.34. The van der Waals surface area contributed by atoms with Crippen molar-refractivity contribution in [3.8, 4) is 0 Å². The van der Waals surface area contributed by atoms with E-state index in [1.54, 1.807) is 38.1 Å². The zero-order valence-corrected chi connectivity index (χ0v) is 14.1. The summed E-state index contributed by atoms with van der Waals surface area (Å²) in [5.41, 5.74) is 0.0603. The Bertz CT molecular complexity index is 616. The van der Waals surface area contributed by atoms with Crippen LogP contribution in [0.25, 0.3) is 0 Å². The minimum Gasteiger partial charge on any atom is -0.481 e. The van der Waals surface area contributed by atoms with Crippen LogP contribution in [0.3, 0.4) is 0 Å². The van der Waals surface area contributed by atoms with E-state index in [9.17, 15) is 19.5 Å². The molecule has 0 aliphatic heterocycles. The summed E-state index contributed by atoms with van der Waals surface area (Å²) < 4.78 is 0. The van der Waals surface area contributed by atoms with Crippen LogP contribution in [0, 0.1) is 5.41 Å². The average molecular weight is 332 g/mol. The van der Waals surface area contributed by atoms with Crippen LogP contribution in [0.4, 0.5) is 5.69 Å². The molecule has 6 nitrogen and oxygen atoms in total. The van der Waals surface area contributed by atoms with Crippen LogP contribution < -0.4 is 10.6 Å². The third-order valence-electron chi connectivity index (χ3n) is 4.65. The summed E-state index contributed by atoms with van der Waals surface area (Å²) in [6.45, 7) is 3.55. The van der Waals surface area contributed by atoms with Crippen LogP contribution in [0.2, 0.25) is 0 Å². The van der Waals surface area contributed by atoms with Crippen LogP contribution in [-0.2, 0) is 9.59 Å². The Hall–Kier alpha value is -2.37. The molecule has 130 valence electrons. The fourth-order valence-corrected chi connectivity index (χ4v) is 2.59. The fourth-order valence-electron chi connectivity index (χ4n) is 2.59. The quantitative estimate of drug-likeness (QED) is 0.682. The lowest BCUT2D eigenvalue weighted by molar-refractivity contribution is -0.151. The predicted octanol–water partition coefficient (Wildman–Crippen LogP) is 2.80. The second-order valence-electron chi connectivity index (χ2n) is 6.34. The van der Waals surface area contributed by atoms with Crippen LogP contribution in [0.15, 0.2) is 24.3 Å². The van der Waals surface area contributed by atoms with E-state index in [0.29, 0.717) is 30.1 Å². The summed E-state index contributed by atoms with van der Waals surface area (Å²) in [6.07, 6.45) is 2.78. The van der Waals surface area contributed by atoms with Gasteiger partial charge in [-0.2, -0.15) is 0 Å². The number of hydrogen-bond acceptors (Lipinski definition) is 3. The lowest BCUT2D eigenvalue weighted by atomic mass is 9.79. The van der Waals surface area contributed by atoms with Gasteiger partial charge in [-0.05, 0) is 49.9 Å². The van der Waals surface area contributed by atoms with Crippen molar-refractivity contribution < 1.29 is 19.5 Å². The molecule has 0 heterocycles. The number of anilines is 1. The third kappa shape index (κ3) is 4.34. The van der Waals surface area contributed by atoms with Gasteiger partial charge >= 0.3 is 5.97 Å². The Morgan fingerprint density at radius 1 is 1.12 bits per heavy atom. The van der Waals surface area contributed by atoms with E-state index in [0.717, 1.165) is 12.8 Å². The zero-order chi connectivity index (χ0) is 17.7. The van der Waals surface area contributed by atoms with E-state index in [1.165, 1.54) is 0 Å². The Morgan fingerprint density at radius 3 is 2.17 bits per heavy atom. The van der Waals surface area contributed by atoms with Crippen molar-refractivity contribution in [3.63, 3.8) is 0 Å². The van der Waals surface area contributed by atoms with Crippen LogP contribution in [0.5, 0.6) is 0 Å². The van der Waals surface area contributed by atoms with E-state index in [2.05, 4.69) is 10.6 Å². The number of rotatable bonds is 8. The van der Waals surface area contributed by atoms with Crippen LogP contribution in [-0.4, -0.2) is 28.9 Å². The molecule has 2 rings (SSSR count). The molecule has 1 aromatic rings. The molecular formula is C18H24N2O4. The Kier molecular flexibility index (Phi) is 5.59. The standard InChI is InChI=1S/C18H24N2O4/c1-3-18(4-2,17(23)24)11-15(21)19-13-7-5-12(6-8-13)16(22)20-14-9-10-14/h5-8,14H,3-4,9-11H2,1-2H3,(H,19,21)(H,20,22)(H,23,24). The summed E-state index contributed by atoms with van der Waals surface area (Å²) in [5, 5.41) is 15.0. The van der Waals surface area contributed by atoms with Crippen molar-refractivity contribution in [2.24, 2.45) is 5.41 Å². The lowest BCUT2D eigenvalue weighted by Gasteiger charge is -2.25. The molecule has 0 bridgehead atoms. The summed E-state index contributed by atoms with van der Waals surface area (Å²) in [7, 11) is 0. The van der Waals surface area contributed by atoms with Gasteiger partial charge in [0, 0.05) is 23.7 Å². The highest BCUT2D eigenvalue weighted by Gasteiger charge is 2.37. The summed E-state index contributed by atoms with van der Waals surface area (Å²) in [4.78, 5) is 35.5. The number of benzene rings is 1. The number of carboxylic acids is 1. The highest BCUT2D eigenvalue weighted by atomic mass is 16.4. The molecule has 24 heavy (non-hydrogen) atoms. The average Bonchev–Trinajstić information content (AvgIpc) is 3.37. The number of carbonyl (C=O) groups is 3. The molecule has 6 heteroatoms. The number of hydrogen-bond donors (Lipinski definition) is 3. The van der Waals surface area contributed by atoms with Gasteiger partial charge in [0.2, 0.25) is 5.91 Å². The topological polar surface area (TPSA) is 95.5 Å². The molecule has 0 spiro atoms. The first-order valence-electron chi connectivity index (χ1n) is 8.34. The van der Waals surface area contributed by atoms with Gasteiger partial charge in [0.15, 0.2) is 0 Å². The van der Waals surface area contributed by atoms with Crippen LogP contribution in [0.1, 0.15) is 56.3 Å². The number of carbonyl (C=O) groups excluding carboxylic acids is 2. The number of amides is 2. The third-order valence-corrected chi connectivity index (χ3v) is 4.65. The molecule has 0 saturated heterocycles. The molecule has 0 atom stereocenters. The van der Waals surface area contributed by atoms with E-state index in [-0.39, 0.29) is 18.2 Å². The zero-order valence-electron chi connectivity index (χ0n) is 14.1.